The number of nitrogens with one attached hydrogen (secondary N) is 2. The number of rotatable bonds is 2. The minimum absolute atomic E-state index is 0.0393. The summed E-state index contributed by atoms with van der Waals surface area (Å²) in [5.41, 5.74) is -0.189. The monoisotopic (exact) mass is 332 g/mol. The van der Waals surface area contributed by atoms with Crippen molar-refractivity contribution in [3.63, 3.8) is 0 Å². The molecule has 2 rings (SSSR count). The van der Waals surface area contributed by atoms with Crippen molar-refractivity contribution >= 4 is 23.3 Å². The minimum Gasteiger partial charge on any atom is -0.314 e. The van der Waals surface area contributed by atoms with Gasteiger partial charge in [0, 0.05) is 11.2 Å². The predicted octanol–water partition coefficient (Wildman–Crippen LogP) is 5.33. The third-order valence-corrected chi connectivity index (χ3v) is 3.67. The quantitative estimate of drug-likeness (QED) is 0.755. The Morgan fingerprint density at radius 1 is 1.18 bits per heavy atom. The molecule has 0 aromatic heterocycles. The van der Waals surface area contributed by atoms with Crippen LogP contribution in [0.2, 0.25) is 5.02 Å². The van der Waals surface area contributed by atoms with Gasteiger partial charge in [0.05, 0.1) is 11.3 Å². The number of amides is 2. The van der Waals surface area contributed by atoms with E-state index >= 15 is 0 Å². The SMILES string of the molecule is O=C(NC=C1CCCCC1)Nc1ccc(Cl)cc1C(F)(F)F. The number of hydrogen-bond acceptors (Lipinski definition) is 1. The van der Waals surface area contributed by atoms with Crippen LogP contribution in [0.5, 0.6) is 0 Å². The van der Waals surface area contributed by atoms with E-state index in [4.69, 9.17) is 11.6 Å². The van der Waals surface area contributed by atoms with Crippen LogP contribution in [0.3, 0.4) is 0 Å². The molecule has 2 amide bonds. The Hall–Kier alpha value is -1.69. The molecule has 1 aromatic rings. The van der Waals surface area contributed by atoms with Crippen LogP contribution >= 0.6 is 11.6 Å². The first-order valence-corrected chi connectivity index (χ1v) is 7.36. The third kappa shape index (κ3) is 4.66. The molecule has 0 radical (unpaired) electrons. The summed E-state index contributed by atoms with van der Waals surface area (Å²) in [5.74, 6) is 0. The van der Waals surface area contributed by atoms with Gasteiger partial charge >= 0.3 is 12.2 Å². The maximum absolute atomic E-state index is 12.9. The van der Waals surface area contributed by atoms with Crippen molar-refractivity contribution in [3.8, 4) is 0 Å². The van der Waals surface area contributed by atoms with E-state index in [9.17, 15) is 18.0 Å². The lowest BCUT2D eigenvalue weighted by Gasteiger charge is -2.15. The molecule has 0 spiro atoms. The Labute approximate surface area is 131 Å². The Bertz CT molecular complexity index is 577. The average Bonchev–Trinajstić information content (AvgIpc) is 2.47. The Kier molecular flexibility index (Phi) is 5.34. The molecule has 7 heteroatoms. The molecule has 3 nitrogen and oxygen atoms in total. The van der Waals surface area contributed by atoms with Crippen molar-refractivity contribution < 1.29 is 18.0 Å². The summed E-state index contributed by atoms with van der Waals surface area (Å²) in [7, 11) is 0. The number of carbonyl (C=O) groups is 1. The first kappa shape index (κ1) is 16.7. The third-order valence-electron chi connectivity index (χ3n) is 3.44. The van der Waals surface area contributed by atoms with Gasteiger partial charge in [-0.3, -0.25) is 0 Å². The molecule has 1 aromatic carbocycles. The number of allylic oxidation sites excluding steroid dienone is 1. The lowest BCUT2D eigenvalue weighted by atomic mass is 9.96. The molecule has 0 saturated heterocycles. The summed E-state index contributed by atoms with van der Waals surface area (Å²) in [6.45, 7) is 0. The predicted molar refractivity (Wildman–Crippen MR) is 79.8 cm³/mol. The van der Waals surface area contributed by atoms with Gasteiger partial charge < -0.3 is 10.6 Å². The number of urea groups is 1. The largest absolute Gasteiger partial charge is 0.418 e. The van der Waals surface area contributed by atoms with Crippen molar-refractivity contribution in [1.29, 1.82) is 0 Å². The Balaban J connectivity index is 2.05. The van der Waals surface area contributed by atoms with Gasteiger partial charge in [-0.15, -0.1) is 0 Å². The summed E-state index contributed by atoms with van der Waals surface area (Å²) >= 11 is 5.58. The highest BCUT2D eigenvalue weighted by Crippen LogP contribution is 2.36. The molecule has 0 atom stereocenters. The molecular weight excluding hydrogens is 317 g/mol. The zero-order chi connectivity index (χ0) is 16.2. The average molecular weight is 333 g/mol. The number of benzene rings is 1. The van der Waals surface area contributed by atoms with Gasteiger partial charge in [-0.05, 0) is 43.9 Å². The van der Waals surface area contributed by atoms with Crippen molar-refractivity contribution in [2.24, 2.45) is 0 Å². The molecular formula is C15H16ClF3N2O. The van der Waals surface area contributed by atoms with Crippen LogP contribution in [0, 0.1) is 0 Å². The van der Waals surface area contributed by atoms with Gasteiger partial charge in [0.2, 0.25) is 0 Å². The molecule has 1 fully saturated rings. The van der Waals surface area contributed by atoms with Crippen LogP contribution in [0.4, 0.5) is 23.7 Å². The molecule has 22 heavy (non-hydrogen) atoms. The maximum Gasteiger partial charge on any atom is 0.418 e. The minimum atomic E-state index is -4.59. The van der Waals surface area contributed by atoms with Crippen LogP contribution in [-0.2, 0) is 6.18 Å². The lowest BCUT2D eigenvalue weighted by Crippen LogP contribution is -2.26. The van der Waals surface area contributed by atoms with Gasteiger partial charge in [0.25, 0.3) is 0 Å². The molecule has 0 unspecified atom stereocenters. The second-order valence-corrected chi connectivity index (χ2v) is 5.59. The second kappa shape index (κ2) is 7.05. The number of hydrogen-bond donors (Lipinski definition) is 2. The fourth-order valence-electron chi connectivity index (χ4n) is 2.34. The lowest BCUT2D eigenvalue weighted by molar-refractivity contribution is -0.136. The van der Waals surface area contributed by atoms with E-state index in [0.717, 1.165) is 43.4 Å². The topological polar surface area (TPSA) is 41.1 Å². The first-order valence-electron chi connectivity index (χ1n) is 6.98. The van der Waals surface area contributed by atoms with E-state index in [1.807, 2.05) is 0 Å². The second-order valence-electron chi connectivity index (χ2n) is 5.15. The summed E-state index contributed by atoms with van der Waals surface area (Å²) in [6.07, 6.45) is 2.13. The van der Waals surface area contributed by atoms with Gasteiger partial charge in [-0.2, -0.15) is 13.2 Å². The normalized spacial score (nSPS) is 15.4. The number of anilines is 1. The van der Waals surface area contributed by atoms with Crippen LogP contribution < -0.4 is 10.6 Å². The van der Waals surface area contributed by atoms with Crippen LogP contribution in [0.25, 0.3) is 0 Å². The summed E-state index contributed by atoms with van der Waals surface area (Å²) in [6, 6.07) is 2.52. The van der Waals surface area contributed by atoms with E-state index in [1.54, 1.807) is 6.20 Å². The summed E-state index contributed by atoms with van der Waals surface area (Å²) in [4.78, 5) is 11.8. The molecule has 1 aliphatic rings. The molecule has 0 bridgehead atoms. The first-order chi connectivity index (χ1) is 10.4. The van der Waals surface area contributed by atoms with E-state index in [2.05, 4.69) is 10.6 Å². The maximum atomic E-state index is 12.9. The number of carbonyl (C=O) groups excluding carboxylic acids is 1. The zero-order valence-corrected chi connectivity index (χ0v) is 12.5. The summed E-state index contributed by atoms with van der Waals surface area (Å²) < 4.78 is 38.7. The van der Waals surface area contributed by atoms with Gasteiger partial charge in [-0.25, -0.2) is 4.79 Å². The van der Waals surface area contributed by atoms with Crippen LogP contribution in [0.15, 0.2) is 30.0 Å². The van der Waals surface area contributed by atoms with Crippen LogP contribution in [0.1, 0.15) is 37.7 Å². The highest BCUT2D eigenvalue weighted by atomic mass is 35.5. The van der Waals surface area contributed by atoms with E-state index in [-0.39, 0.29) is 10.7 Å². The van der Waals surface area contributed by atoms with E-state index in [0.29, 0.717) is 0 Å². The molecule has 1 aliphatic carbocycles. The van der Waals surface area contributed by atoms with E-state index < -0.39 is 17.8 Å². The molecule has 1 saturated carbocycles. The zero-order valence-electron chi connectivity index (χ0n) is 11.8. The Morgan fingerprint density at radius 3 is 2.50 bits per heavy atom. The standard InChI is InChI=1S/C15H16ClF3N2O/c16-11-6-7-13(12(8-11)15(17,18)19)21-14(22)20-9-10-4-2-1-3-5-10/h6-9H,1-5H2,(H2,20,21,22). The smallest absolute Gasteiger partial charge is 0.314 e. The summed E-state index contributed by atoms with van der Waals surface area (Å²) in [5, 5.41) is 4.65. The fraction of sp³-hybridized carbons (Fsp3) is 0.400. The van der Waals surface area contributed by atoms with Crippen LogP contribution in [-0.4, -0.2) is 6.03 Å². The molecule has 120 valence electrons. The molecule has 2 N–H and O–H groups in total. The van der Waals surface area contributed by atoms with Crippen molar-refractivity contribution in [2.45, 2.75) is 38.3 Å². The van der Waals surface area contributed by atoms with Crippen molar-refractivity contribution in [2.75, 3.05) is 5.32 Å². The van der Waals surface area contributed by atoms with Gasteiger partial charge in [0.15, 0.2) is 0 Å². The Morgan fingerprint density at radius 2 is 1.86 bits per heavy atom. The fourth-order valence-corrected chi connectivity index (χ4v) is 2.51. The highest BCUT2D eigenvalue weighted by molar-refractivity contribution is 6.30. The van der Waals surface area contributed by atoms with Crippen molar-refractivity contribution in [3.05, 3.63) is 40.6 Å². The highest BCUT2D eigenvalue weighted by Gasteiger charge is 2.34. The molecule has 0 heterocycles. The van der Waals surface area contributed by atoms with Crippen molar-refractivity contribution in [1.82, 2.24) is 5.32 Å². The molecule has 0 aliphatic heterocycles. The van der Waals surface area contributed by atoms with E-state index in [1.165, 1.54) is 12.5 Å². The van der Waals surface area contributed by atoms with Gasteiger partial charge in [-0.1, -0.05) is 23.6 Å². The number of halogens is 4. The number of alkyl halides is 3. The van der Waals surface area contributed by atoms with Gasteiger partial charge in [0.1, 0.15) is 0 Å².